The molecule has 2 aromatic heterocycles. The Kier molecular flexibility index (Phi) is 2.76. The number of nitrogens with zero attached hydrogens (tertiary/aromatic N) is 2. The van der Waals surface area contributed by atoms with E-state index in [0.29, 0.717) is 5.69 Å². The van der Waals surface area contributed by atoms with Crippen molar-refractivity contribution in [1.82, 2.24) is 9.55 Å². The van der Waals surface area contributed by atoms with Gasteiger partial charge in [-0.1, -0.05) is 18.2 Å². The van der Waals surface area contributed by atoms with Gasteiger partial charge in [0.1, 0.15) is 5.69 Å². The summed E-state index contributed by atoms with van der Waals surface area (Å²) in [5.41, 5.74) is 2.14. The number of para-hydroxylation sites is 1. The van der Waals surface area contributed by atoms with Gasteiger partial charge >= 0.3 is 0 Å². The summed E-state index contributed by atoms with van der Waals surface area (Å²) in [4.78, 5) is 16.5. The highest BCUT2D eigenvalue weighted by Gasteiger charge is 2.10. The second kappa shape index (κ2) is 4.57. The molecule has 19 heavy (non-hydrogen) atoms. The van der Waals surface area contributed by atoms with Crippen molar-refractivity contribution >= 4 is 22.5 Å². The van der Waals surface area contributed by atoms with Crippen molar-refractivity contribution in [2.75, 3.05) is 5.32 Å². The molecule has 94 valence electrons. The van der Waals surface area contributed by atoms with Gasteiger partial charge in [0.05, 0.1) is 11.2 Å². The van der Waals surface area contributed by atoms with Crippen LogP contribution in [-0.4, -0.2) is 15.5 Å². The summed E-state index contributed by atoms with van der Waals surface area (Å²) in [6.07, 6.45) is 3.57. The van der Waals surface area contributed by atoms with Gasteiger partial charge in [-0.2, -0.15) is 0 Å². The van der Waals surface area contributed by atoms with Crippen LogP contribution in [0.2, 0.25) is 0 Å². The minimum absolute atomic E-state index is 0.134. The summed E-state index contributed by atoms with van der Waals surface area (Å²) in [6.45, 7) is 0. The van der Waals surface area contributed by atoms with Gasteiger partial charge in [-0.25, -0.2) is 0 Å². The van der Waals surface area contributed by atoms with Gasteiger partial charge in [0.2, 0.25) is 0 Å². The molecule has 0 aliphatic carbocycles. The fraction of sp³-hybridized carbons (Fsp3) is 0.0667. The summed E-state index contributed by atoms with van der Waals surface area (Å²) in [7, 11) is 1.84. The first-order valence-corrected chi connectivity index (χ1v) is 6.02. The van der Waals surface area contributed by atoms with E-state index in [1.165, 1.54) is 0 Å². The van der Waals surface area contributed by atoms with Gasteiger partial charge in [0, 0.05) is 24.8 Å². The van der Waals surface area contributed by atoms with Crippen molar-refractivity contribution in [2.24, 2.45) is 7.05 Å². The summed E-state index contributed by atoms with van der Waals surface area (Å²) in [5.74, 6) is -0.134. The minimum Gasteiger partial charge on any atom is -0.347 e. The maximum Gasteiger partial charge on any atom is 0.272 e. The number of aromatic nitrogens is 2. The fourth-order valence-electron chi connectivity index (χ4n) is 2.09. The lowest BCUT2D eigenvalue weighted by molar-refractivity contribution is 0.101. The quantitative estimate of drug-likeness (QED) is 0.761. The molecule has 0 bridgehead atoms. The highest BCUT2D eigenvalue weighted by Crippen LogP contribution is 2.21. The van der Waals surface area contributed by atoms with Crippen LogP contribution in [0.4, 0.5) is 5.69 Å². The van der Waals surface area contributed by atoms with Gasteiger partial charge in [0.25, 0.3) is 5.91 Å². The molecule has 1 N–H and O–H groups in total. The third-order valence-electron chi connectivity index (χ3n) is 3.06. The second-order valence-corrected chi connectivity index (χ2v) is 4.34. The van der Waals surface area contributed by atoms with E-state index in [1.54, 1.807) is 16.8 Å². The normalized spacial score (nSPS) is 10.6. The van der Waals surface area contributed by atoms with Crippen LogP contribution in [-0.2, 0) is 7.05 Å². The SMILES string of the molecule is Cn1cccc1C(=O)Nc1cccc2cccnc12. The fourth-order valence-corrected chi connectivity index (χ4v) is 2.09. The molecule has 0 spiro atoms. The maximum atomic E-state index is 12.2. The molecule has 3 aromatic rings. The minimum atomic E-state index is -0.134. The molecule has 0 saturated heterocycles. The Hall–Kier alpha value is -2.62. The Morgan fingerprint density at radius 1 is 1.16 bits per heavy atom. The van der Waals surface area contributed by atoms with E-state index in [2.05, 4.69) is 10.3 Å². The third kappa shape index (κ3) is 2.08. The molecule has 0 saturated carbocycles. The Morgan fingerprint density at radius 2 is 2.00 bits per heavy atom. The number of hydrogen-bond acceptors (Lipinski definition) is 2. The molecule has 0 unspecified atom stereocenters. The van der Waals surface area contributed by atoms with Crippen LogP contribution in [0.25, 0.3) is 10.9 Å². The third-order valence-corrected chi connectivity index (χ3v) is 3.06. The van der Waals surface area contributed by atoms with Gasteiger partial charge in [-0.3, -0.25) is 9.78 Å². The van der Waals surface area contributed by atoms with Crippen LogP contribution in [0.5, 0.6) is 0 Å². The standard InChI is InChI=1S/C15H13N3O/c1-18-10-4-8-13(18)15(19)17-12-7-2-5-11-6-3-9-16-14(11)12/h2-10H,1H3,(H,17,19). The Bertz CT molecular complexity index is 740. The number of nitrogens with one attached hydrogen (secondary N) is 1. The van der Waals surface area contributed by atoms with Gasteiger partial charge in [0.15, 0.2) is 0 Å². The maximum absolute atomic E-state index is 12.2. The summed E-state index contributed by atoms with van der Waals surface area (Å²) >= 11 is 0. The average Bonchev–Trinajstić information content (AvgIpc) is 2.85. The van der Waals surface area contributed by atoms with Crippen LogP contribution >= 0.6 is 0 Å². The van der Waals surface area contributed by atoms with E-state index < -0.39 is 0 Å². The molecule has 0 fully saturated rings. The van der Waals surface area contributed by atoms with Crippen LogP contribution in [0.3, 0.4) is 0 Å². The number of amides is 1. The van der Waals surface area contributed by atoms with Crippen LogP contribution < -0.4 is 5.32 Å². The first-order valence-electron chi connectivity index (χ1n) is 6.02. The molecule has 1 aromatic carbocycles. The molecule has 4 heteroatoms. The molecule has 0 radical (unpaired) electrons. The second-order valence-electron chi connectivity index (χ2n) is 4.34. The van der Waals surface area contributed by atoms with Gasteiger partial charge < -0.3 is 9.88 Å². The number of carbonyl (C=O) groups excluding carboxylic acids is 1. The van der Waals surface area contributed by atoms with Crippen LogP contribution in [0.1, 0.15) is 10.5 Å². The molecular weight excluding hydrogens is 238 g/mol. The first-order chi connectivity index (χ1) is 9.25. The van der Waals surface area contributed by atoms with E-state index >= 15 is 0 Å². The number of carbonyl (C=O) groups is 1. The molecular formula is C15H13N3O. The summed E-state index contributed by atoms with van der Waals surface area (Å²) in [6, 6.07) is 13.2. The van der Waals surface area contributed by atoms with Crippen LogP contribution in [0, 0.1) is 0 Å². The lowest BCUT2D eigenvalue weighted by atomic mass is 10.2. The van der Waals surface area contributed by atoms with Crippen molar-refractivity contribution in [3.05, 3.63) is 60.6 Å². The zero-order valence-corrected chi connectivity index (χ0v) is 10.5. The predicted molar refractivity (Wildman–Crippen MR) is 75.1 cm³/mol. The van der Waals surface area contributed by atoms with Crippen molar-refractivity contribution in [3.8, 4) is 0 Å². The zero-order valence-electron chi connectivity index (χ0n) is 10.5. The van der Waals surface area contributed by atoms with Crippen molar-refractivity contribution in [2.45, 2.75) is 0 Å². The number of fused-ring (bicyclic) bond motifs is 1. The lowest BCUT2D eigenvalue weighted by Crippen LogP contribution is -2.15. The van der Waals surface area contributed by atoms with E-state index in [4.69, 9.17) is 0 Å². The topological polar surface area (TPSA) is 46.9 Å². The monoisotopic (exact) mass is 251 g/mol. The van der Waals surface area contributed by atoms with Crippen LogP contribution in [0.15, 0.2) is 54.9 Å². The van der Waals surface area contributed by atoms with E-state index in [1.807, 2.05) is 49.6 Å². The Labute approximate surface area is 110 Å². The largest absolute Gasteiger partial charge is 0.347 e. The number of rotatable bonds is 2. The molecule has 0 aliphatic rings. The molecule has 4 nitrogen and oxygen atoms in total. The molecule has 0 aliphatic heterocycles. The van der Waals surface area contributed by atoms with E-state index in [0.717, 1.165) is 16.6 Å². The van der Waals surface area contributed by atoms with Crippen molar-refractivity contribution in [1.29, 1.82) is 0 Å². The number of anilines is 1. The first kappa shape index (κ1) is 11.5. The highest BCUT2D eigenvalue weighted by atomic mass is 16.1. The average molecular weight is 251 g/mol. The molecule has 3 rings (SSSR count). The van der Waals surface area contributed by atoms with E-state index in [9.17, 15) is 4.79 Å². The molecule has 0 atom stereocenters. The lowest BCUT2D eigenvalue weighted by Gasteiger charge is -2.08. The zero-order chi connectivity index (χ0) is 13.2. The van der Waals surface area contributed by atoms with Crippen molar-refractivity contribution < 1.29 is 4.79 Å². The number of hydrogen-bond donors (Lipinski definition) is 1. The predicted octanol–water partition coefficient (Wildman–Crippen LogP) is 2.83. The summed E-state index contributed by atoms with van der Waals surface area (Å²) < 4.78 is 1.79. The number of pyridine rings is 1. The Balaban J connectivity index is 1.98. The van der Waals surface area contributed by atoms with Gasteiger partial charge in [-0.15, -0.1) is 0 Å². The molecule has 2 heterocycles. The number of benzene rings is 1. The van der Waals surface area contributed by atoms with Gasteiger partial charge in [-0.05, 0) is 24.3 Å². The Morgan fingerprint density at radius 3 is 2.79 bits per heavy atom. The summed E-state index contributed by atoms with van der Waals surface area (Å²) in [5, 5.41) is 3.91. The smallest absolute Gasteiger partial charge is 0.272 e. The van der Waals surface area contributed by atoms with Crippen molar-refractivity contribution in [3.63, 3.8) is 0 Å². The molecule has 1 amide bonds. The number of aryl methyl sites for hydroxylation is 1. The van der Waals surface area contributed by atoms with E-state index in [-0.39, 0.29) is 5.91 Å². The highest BCUT2D eigenvalue weighted by molar-refractivity contribution is 6.07.